The standard InChI is InChI=1S/C15H21NO5/c1-3-20-15(19)10-7-11(17)13(12(18)8-10)14(9-5-6-9)16-21-4-2/h9-10,16H,3-8H2,1-2H3. The number of carbonyl (C=O) groups is 3. The van der Waals surface area contributed by atoms with Crippen molar-refractivity contribution >= 4 is 17.5 Å². The van der Waals surface area contributed by atoms with Crippen molar-refractivity contribution in [2.75, 3.05) is 13.2 Å². The number of hydrogen-bond donors (Lipinski definition) is 1. The van der Waals surface area contributed by atoms with Crippen LogP contribution in [0.5, 0.6) is 0 Å². The first-order chi connectivity index (χ1) is 10.1. The first-order valence-electron chi connectivity index (χ1n) is 7.43. The number of ketones is 2. The van der Waals surface area contributed by atoms with Crippen molar-refractivity contribution in [1.29, 1.82) is 0 Å². The molecule has 0 heterocycles. The largest absolute Gasteiger partial charge is 0.466 e. The predicted octanol–water partition coefficient (Wildman–Crippen LogP) is 1.30. The summed E-state index contributed by atoms with van der Waals surface area (Å²) in [6.45, 7) is 4.22. The number of carbonyl (C=O) groups excluding carboxylic acids is 3. The summed E-state index contributed by atoms with van der Waals surface area (Å²) in [4.78, 5) is 41.4. The van der Waals surface area contributed by atoms with Crippen LogP contribution >= 0.6 is 0 Å². The average molecular weight is 295 g/mol. The molecule has 0 aromatic carbocycles. The Kier molecular flexibility index (Phi) is 5.12. The van der Waals surface area contributed by atoms with Crippen LogP contribution < -0.4 is 5.48 Å². The highest BCUT2D eigenvalue weighted by Crippen LogP contribution is 2.39. The molecule has 6 nitrogen and oxygen atoms in total. The van der Waals surface area contributed by atoms with Crippen LogP contribution in [0.15, 0.2) is 11.3 Å². The van der Waals surface area contributed by atoms with Crippen LogP contribution in [-0.4, -0.2) is 30.7 Å². The van der Waals surface area contributed by atoms with E-state index in [1.54, 1.807) is 6.92 Å². The van der Waals surface area contributed by atoms with Gasteiger partial charge in [-0.3, -0.25) is 24.7 Å². The Hall–Kier alpha value is -1.69. The molecule has 0 saturated heterocycles. The van der Waals surface area contributed by atoms with Gasteiger partial charge in [0.05, 0.1) is 30.4 Å². The van der Waals surface area contributed by atoms with Gasteiger partial charge in [0.25, 0.3) is 0 Å². The van der Waals surface area contributed by atoms with Gasteiger partial charge < -0.3 is 4.74 Å². The van der Waals surface area contributed by atoms with Gasteiger partial charge in [0.15, 0.2) is 11.6 Å². The Morgan fingerprint density at radius 3 is 2.19 bits per heavy atom. The lowest BCUT2D eigenvalue weighted by Crippen LogP contribution is -2.34. The number of nitrogens with one attached hydrogen (secondary N) is 1. The zero-order chi connectivity index (χ0) is 15.4. The summed E-state index contributed by atoms with van der Waals surface area (Å²) >= 11 is 0. The summed E-state index contributed by atoms with van der Waals surface area (Å²) < 4.78 is 4.90. The molecule has 116 valence electrons. The fraction of sp³-hybridized carbons (Fsp3) is 0.667. The molecule has 0 bridgehead atoms. The van der Waals surface area contributed by atoms with E-state index >= 15 is 0 Å². The van der Waals surface area contributed by atoms with Crippen molar-refractivity contribution in [3.8, 4) is 0 Å². The molecule has 0 aromatic rings. The molecule has 0 spiro atoms. The Morgan fingerprint density at radius 1 is 1.10 bits per heavy atom. The van der Waals surface area contributed by atoms with Crippen LogP contribution in [0.1, 0.15) is 39.5 Å². The number of ether oxygens (including phenoxy) is 1. The number of hydrogen-bond acceptors (Lipinski definition) is 6. The van der Waals surface area contributed by atoms with Gasteiger partial charge in [0.2, 0.25) is 0 Å². The third-order valence-corrected chi connectivity index (χ3v) is 3.62. The minimum atomic E-state index is -0.652. The molecule has 0 unspecified atom stereocenters. The SMILES string of the molecule is CCONC(=C1C(=O)CC(C(=O)OCC)CC1=O)C1CC1. The van der Waals surface area contributed by atoms with E-state index in [2.05, 4.69) is 5.48 Å². The first kappa shape index (κ1) is 15.7. The highest BCUT2D eigenvalue weighted by Gasteiger charge is 2.40. The van der Waals surface area contributed by atoms with E-state index in [0.717, 1.165) is 12.8 Å². The smallest absolute Gasteiger partial charge is 0.309 e. The van der Waals surface area contributed by atoms with Gasteiger partial charge in [0, 0.05) is 18.8 Å². The molecular formula is C15H21NO5. The van der Waals surface area contributed by atoms with Crippen LogP contribution in [0.25, 0.3) is 0 Å². The van der Waals surface area contributed by atoms with Gasteiger partial charge in [-0.05, 0) is 26.7 Å². The summed E-state index contributed by atoms with van der Waals surface area (Å²) in [6, 6.07) is 0. The van der Waals surface area contributed by atoms with Gasteiger partial charge in [-0.2, -0.15) is 0 Å². The zero-order valence-corrected chi connectivity index (χ0v) is 12.4. The highest BCUT2D eigenvalue weighted by molar-refractivity contribution is 6.23. The molecule has 2 aliphatic carbocycles. The molecule has 2 saturated carbocycles. The maximum absolute atomic E-state index is 12.3. The number of esters is 1. The molecule has 2 rings (SSSR count). The maximum atomic E-state index is 12.3. The lowest BCUT2D eigenvalue weighted by atomic mass is 9.82. The molecule has 0 atom stereocenters. The monoisotopic (exact) mass is 295 g/mol. The third kappa shape index (κ3) is 3.69. The fourth-order valence-corrected chi connectivity index (χ4v) is 2.47. The van der Waals surface area contributed by atoms with Crippen molar-refractivity contribution in [2.24, 2.45) is 11.8 Å². The van der Waals surface area contributed by atoms with Gasteiger partial charge >= 0.3 is 5.97 Å². The summed E-state index contributed by atoms with van der Waals surface area (Å²) in [7, 11) is 0. The van der Waals surface area contributed by atoms with E-state index in [9.17, 15) is 14.4 Å². The van der Waals surface area contributed by atoms with Crippen molar-refractivity contribution < 1.29 is 24.0 Å². The van der Waals surface area contributed by atoms with Crippen molar-refractivity contribution in [2.45, 2.75) is 39.5 Å². The second-order valence-corrected chi connectivity index (χ2v) is 5.30. The van der Waals surface area contributed by atoms with Crippen LogP contribution in [0.2, 0.25) is 0 Å². The Labute approximate surface area is 123 Å². The highest BCUT2D eigenvalue weighted by atomic mass is 16.6. The van der Waals surface area contributed by atoms with E-state index in [1.807, 2.05) is 6.92 Å². The van der Waals surface area contributed by atoms with E-state index in [4.69, 9.17) is 9.57 Å². The van der Waals surface area contributed by atoms with E-state index in [0.29, 0.717) is 12.3 Å². The molecule has 0 amide bonds. The summed E-state index contributed by atoms with van der Waals surface area (Å²) in [5, 5.41) is 0. The molecule has 2 fully saturated rings. The minimum Gasteiger partial charge on any atom is -0.466 e. The molecule has 0 aliphatic heterocycles. The van der Waals surface area contributed by atoms with Crippen LogP contribution in [0.4, 0.5) is 0 Å². The molecule has 0 aromatic heterocycles. The summed E-state index contributed by atoms with van der Waals surface area (Å²) in [5.41, 5.74) is 3.53. The van der Waals surface area contributed by atoms with Crippen LogP contribution in [0.3, 0.4) is 0 Å². The predicted molar refractivity (Wildman–Crippen MR) is 73.9 cm³/mol. The normalized spacial score (nSPS) is 22.2. The first-order valence-corrected chi connectivity index (χ1v) is 7.43. The zero-order valence-electron chi connectivity index (χ0n) is 12.4. The topological polar surface area (TPSA) is 81.7 Å². The van der Waals surface area contributed by atoms with Gasteiger partial charge in [0.1, 0.15) is 0 Å². The number of allylic oxidation sites excluding steroid dienone is 2. The minimum absolute atomic E-state index is 0.0317. The van der Waals surface area contributed by atoms with Crippen molar-refractivity contribution in [3.05, 3.63) is 11.3 Å². The molecule has 1 N–H and O–H groups in total. The lowest BCUT2D eigenvalue weighted by Gasteiger charge is -2.23. The number of rotatable bonds is 6. The quantitative estimate of drug-likeness (QED) is 0.344. The Bertz CT molecular complexity index is 458. The third-order valence-electron chi connectivity index (χ3n) is 3.62. The molecule has 6 heteroatoms. The summed E-state index contributed by atoms with van der Waals surface area (Å²) in [6.07, 6.45) is 1.95. The average Bonchev–Trinajstić information content (AvgIpc) is 3.26. The molecule has 21 heavy (non-hydrogen) atoms. The lowest BCUT2D eigenvalue weighted by molar-refractivity contribution is -0.151. The van der Waals surface area contributed by atoms with Crippen LogP contribution in [0, 0.1) is 11.8 Å². The van der Waals surface area contributed by atoms with E-state index in [1.165, 1.54) is 0 Å². The second-order valence-electron chi connectivity index (χ2n) is 5.30. The van der Waals surface area contributed by atoms with Gasteiger partial charge in [-0.25, -0.2) is 0 Å². The Morgan fingerprint density at radius 2 is 1.71 bits per heavy atom. The van der Waals surface area contributed by atoms with Crippen molar-refractivity contribution in [3.63, 3.8) is 0 Å². The summed E-state index contributed by atoms with van der Waals surface area (Å²) in [5.74, 6) is -1.51. The number of Topliss-reactive ketones (excluding diaryl/α,β-unsaturated/α-hetero) is 2. The van der Waals surface area contributed by atoms with E-state index in [-0.39, 0.29) is 42.5 Å². The van der Waals surface area contributed by atoms with E-state index < -0.39 is 11.9 Å². The van der Waals surface area contributed by atoms with Crippen molar-refractivity contribution in [1.82, 2.24) is 5.48 Å². The molecule has 2 aliphatic rings. The van der Waals surface area contributed by atoms with Crippen LogP contribution in [-0.2, 0) is 24.0 Å². The van der Waals surface area contributed by atoms with Gasteiger partial charge in [-0.15, -0.1) is 0 Å². The fourth-order valence-electron chi connectivity index (χ4n) is 2.47. The maximum Gasteiger partial charge on any atom is 0.309 e. The molecular weight excluding hydrogens is 274 g/mol. The second kappa shape index (κ2) is 6.85. The molecule has 0 radical (unpaired) electrons. The Balaban J connectivity index is 2.16. The number of hydroxylamine groups is 1. The van der Waals surface area contributed by atoms with Gasteiger partial charge in [-0.1, -0.05) is 0 Å².